The first kappa shape index (κ1) is 17.1. The van der Waals surface area contributed by atoms with Crippen molar-refractivity contribution < 1.29 is 13.0 Å². The Morgan fingerprint density at radius 3 is 2.25 bits per heavy atom. The summed E-state index contributed by atoms with van der Waals surface area (Å²) in [5, 5.41) is 0. The lowest BCUT2D eigenvalue weighted by atomic mass is 9.94. The Hall–Kier alpha value is -1.69. The van der Waals surface area contributed by atoms with Crippen LogP contribution < -0.4 is 0 Å². The zero-order valence-electron chi connectivity index (χ0n) is 13.6. The summed E-state index contributed by atoms with van der Waals surface area (Å²) in [6.07, 6.45) is 2.19. The van der Waals surface area contributed by atoms with Crippen LogP contribution in [0.4, 0.5) is 0 Å². The summed E-state index contributed by atoms with van der Waals surface area (Å²) in [7, 11) is -3.89. The SMILES string of the molecule is O=S(=O)(O)CCCC1(c2ccccc2)CN1CCc1ccccc1. The van der Waals surface area contributed by atoms with Crippen LogP contribution in [0.3, 0.4) is 0 Å². The van der Waals surface area contributed by atoms with Gasteiger partial charge in [0.25, 0.3) is 10.1 Å². The van der Waals surface area contributed by atoms with Crippen molar-refractivity contribution in [3.63, 3.8) is 0 Å². The second kappa shape index (κ2) is 7.05. The molecule has 0 bridgehead atoms. The fraction of sp³-hybridized carbons (Fsp3) is 0.368. The minimum atomic E-state index is -3.89. The van der Waals surface area contributed by atoms with Gasteiger partial charge in [0.2, 0.25) is 0 Å². The highest BCUT2D eigenvalue weighted by molar-refractivity contribution is 7.85. The molecule has 1 fully saturated rings. The lowest BCUT2D eigenvalue weighted by molar-refractivity contribution is 0.389. The lowest BCUT2D eigenvalue weighted by Crippen LogP contribution is -2.20. The fourth-order valence-corrected chi connectivity index (χ4v) is 3.94. The van der Waals surface area contributed by atoms with E-state index in [2.05, 4.69) is 29.2 Å². The van der Waals surface area contributed by atoms with Crippen LogP contribution in [-0.2, 0) is 22.1 Å². The zero-order chi connectivity index (χ0) is 17.0. The summed E-state index contributed by atoms with van der Waals surface area (Å²) in [5.74, 6) is -0.173. The molecule has 0 saturated carbocycles. The predicted molar refractivity (Wildman–Crippen MR) is 95.5 cm³/mol. The van der Waals surface area contributed by atoms with Crippen LogP contribution in [0.25, 0.3) is 0 Å². The van der Waals surface area contributed by atoms with E-state index in [0.29, 0.717) is 6.42 Å². The van der Waals surface area contributed by atoms with E-state index in [1.807, 2.05) is 36.4 Å². The third-order valence-corrected chi connectivity index (χ3v) is 5.58. The molecule has 5 heteroatoms. The number of benzene rings is 2. The first-order valence-electron chi connectivity index (χ1n) is 8.29. The van der Waals surface area contributed by atoms with Crippen molar-refractivity contribution in [1.82, 2.24) is 4.90 Å². The van der Waals surface area contributed by atoms with Crippen LogP contribution in [0.5, 0.6) is 0 Å². The molecule has 2 aromatic carbocycles. The van der Waals surface area contributed by atoms with E-state index in [-0.39, 0.29) is 11.3 Å². The summed E-state index contributed by atoms with van der Waals surface area (Å²) in [6.45, 7) is 1.89. The van der Waals surface area contributed by atoms with Crippen molar-refractivity contribution in [2.24, 2.45) is 0 Å². The molecule has 0 aromatic heterocycles. The zero-order valence-corrected chi connectivity index (χ0v) is 14.5. The van der Waals surface area contributed by atoms with Crippen molar-refractivity contribution >= 4 is 10.1 Å². The third-order valence-electron chi connectivity index (χ3n) is 4.77. The average Bonchev–Trinajstić information content (AvgIpc) is 3.28. The Morgan fingerprint density at radius 2 is 1.62 bits per heavy atom. The first-order valence-corrected chi connectivity index (χ1v) is 9.90. The predicted octanol–water partition coefficient (Wildman–Crippen LogP) is 3.11. The molecule has 1 heterocycles. The molecule has 0 radical (unpaired) electrons. The molecule has 2 atom stereocenters. The summed E-state index contributed by atoms with van der Waals surface area (Å²) in [5.41, 5.74) is 2.46. The molecular weight excluding hydrogens is 322 g/mol. The Balaban J connectivity index is 1.66. The van der Waals surface area contributed by atoms with E-state index >= 15 is 0 Å². The molecule has 24 heavy (non-hydrogen) atoms. The maximum absolute atomic E-state index is 11.0. The van der Waals surface area contributed by atoms with Crippen molar-refractivity contribution in [3.05, 3.63) is 71.8 Å². The minimum absolute atomic E-state index is 0.0826. The number of rotatable bonds is 8. The number of hydrogen-bond acceptors (Lipinski definition) is 3. The van der Waals surface area contributed by atoms with E-state index < -0.39 is 10.1 Å². The van der Waals surface area contributed by atoms with Crippen LogP contribution in [0.15, 0.2) is 60.7 Å². The summed E-state index contributed by atoms with van der Waals surface area (Å²) in [4.78, 5) is 2.40. The highest BCUT2D eigenvalue weighted by Gasteiger charge is 2.51. The maximum Gasteiger partial charge on any atom is 0.264 e. The molecule has 0 amide bonds. The van der Waals surface area contributed by atoms with E-state index in [0.717, 1.165) is 25.9 Å². The molecule has 1 saturated heterocycles. The van der Waals surface area contributed by atoms with E-state index in [4.69, 9.17) is 4.55 Å². The minimum Gasteiger partial charge on any atom is -0.290 e. The summed E-state index contributed by atoms with van der Waals surface area (Å²) < 4.78 is 31.0. The largest absolute Gasteiger partial charge is 0.290 e. The van der Waals surface area contributed by atoms with E-state index in [1.165, 1.54) is 11.1 Å². The second-order valence-corrected chi connectivity index (χ2v) is 8.02. The molecule has 0 aliphatic carbocycles. The molecule has 2 unspecified atom stereocenters. The van der Waals surface area contributed by atoms with Crippen molar-refractivity contribution in [2.45, 2.75) is 24.8 Å². The van der Waals surface area contributed by atoms with Crippen LogP contribution in [-0.4, -0.2) is 36.7 Å². The van der Waals surface area contributed by atoms with E-state index in [1.54, 1.807) is 0 Å². The molecule has 128 valence electrons. The van der Waals surface area contributed by atoms with Gasteiger partial charge in [-0.05, 0) is 30.4 Å². The molecule has 2 aromatic rings. The van der Waals surface area contributed by atoms with Gasteiger partial charge in [-0.25, -0.2) is 0 Å². The average molecular weight is 345 g/mol. The lowest BCUT2D eigenvalue weighted by Gasteiger charge is -2.18. The van der Waals surface area contributed by atoms with Gasteiger partial charge in [-0.1, -0.05) is 60.7 Å². The standard InChI is InChI=1S/C19H23NO3S/c21-24(22,23)15-7-13-19(18-10-5-2-6-11-18)16-20(19)14-12-17-8-3-1-4-9-17/h1-6,8-11H,7,12-16H2,(H,21,22,23). The highest BCUT2D eigenvalue weighted by atomic mass is 32.2. The van der Waals surface area contributed by atoms with Gasteiger partial charge < -0.3 is 0 Å². The van der Waals surface area contributed by atoms with E-state index in [9.17, 15) is 8.42 Å². The smallest absolute Gasteiger partial charge is 0.264 e. The molecule has 1 aliphatic rings. The molecule has 3 rings (SSSR count). The Labute approximate surface area is 143 Å². The topological polar surface area (TPSA) is 57.4 Å². The summed E-state index contributed by atoms with van der Waals surface area (Å²) >= 11 is 0. The van der Waals surface area contributed by atoms with Gasteiger partial charge in [0.1, 0.15) is 0 Å². The van der Waals surface area contributed by atoms with Gasteiger partial charge in [-0.2, -0.15) is 8.42 Å². The Bertz CT molecular complexity index is 762. The monoisotopic (exact) mass is 345 g/mol. The maximum atomic E-state index is 11.0. The van der Waals surface area contributed by atoms with Crippen molar-refractivity contribution in [2.75, 3.05) is 18.8 Å². The molecule has 0 spiro atoms. The van der Waals surface area contributed by atoms with Crippen molar-refractivity contribution in [3.8, 4) is 0 Å². The van der Waals surface area contributed by atoms with Gasteiger partial charge in [0.05, 0.1) is 11.3 Å². The van der Waals surface area contributed by atoms with Gasteiger partial charge >= 0.3 is 0 Å². The van der Waals surface area contributed by atoms with Crippen molar-refractivity contribution in [1.29, 1.82) is 0 Å². The van der Waals surface area contributed by atoms with Crippen LogP contribution in [0.2, 0.25) is 0 Å². The highest BCUT2D eigenvalue weighted by Crippen LogP contribution is 2.46. The number of nitrogens with zero attached hydrogens (tertiary/aromatic N) is 1. The van der Waals surface area contributed by atoms with Crippen LogP contribution in [0, 0.1) is 0 Å². The quantitative estimate of drug-likeness (QED) is 0.590. The van der Waals surface area contributed by atoms with Crippen LogP contribution >= 0.6 is 0 Å². The Morgan fingerprint density at radius 1 is 1.00 bits per heavy atom. The molecular formula is C19H23NO3S. The first-order chi connectivity index (χ1) is 11.5. The normalized spacial score (nSPS) is 23.1. The Kier molecular flexibility index (Phi) is 5.04. The van der Waals surface area contributed by atoms with Gasteiger partial charge in [0.15, 0.2) is 0 Å². The number of hydrogen-bond donors (Lipinski definition) is 1. The van der Waals surface area contributed by atoms with Gasteiger partial charge in [-0.3, -0.25) is 9.45 Å². The molecule has 1 N–H and O–H groups in total. The third kappa shape index (κ3) is 4.23. The molecule has 4 nitrogen and oxygen atoms in total. The van der Waals surface area contributed by atoms with Crippen LogP contribution in [0.1, 0.15) is 24.0 Å². The molecule has 1 aliphatic heterocycles. The summed E-state index contributed by atoms with van der Waals surface area (Å²) in [6, 6.07) is 20.6. The second-order valence-electron chi connectivity index (χ2n) is 6.44. The fourth-order valence-electron chi connectivity index (χ4n) is 3.43. The van der Waals surface area contributed by atoms with Gasteiger partial charge in [0, 0.05) is 13.1 Å². The van der Waals surface area contributed by atoms with Gasteiger partial charge in [-0.15, -0.1) is 0 Å².